The average Bonchev–Trinajstić information content (AvgIpc) is 2.38. The van der Waals surface area contributed by atoms with Crippen LogP contribution in [-0.4, -0.2) is 52.2 Å². The number of rotatable bonds is 6. The first-order chi connectivity index (χ1) is 9.86. The van der Waals surface area contributed by atoms with Gasteiger partial charge in [-0.3, -0.25) is 0 Å². The van der Waals surface area contributed by atoms with Crippen molar-refractivity contribution in [3.8, 4) is 11.8 Å². The zero-order valence-electron chi connectivity index (χ0n) is 12.1. The summed E-state index contributed by atoms with van der Waals surface area (Å²) < 4.78 is 40.2. The Hall–Kier alpha value is -1.46. The van der Waals surface area contributed by atoms with Gasteiger partial charge in [0.2, 0.25) is 10.0 Å². The highest BCUT2D eigenvalue weighted by molar-refractivity contribution is 7.89. The molecule has 0 bridgehead atoms. The molecule has 0 spiro atoms. The highest BCUT2D eigenvalue weighted by Gasteiger charge is 2.18. The number of hydrogen-bond donors (Lipinski definition) is 2. The van der Waals surface area contributed by atoms with Gasteiger partial charge >= 0.3 is 0 Å². The molecule has 0 heterocycles. The molecule has 7 heteroatoms. The molecule has 1 aromatic rings. The van der Waals surface area contributed by atoms with Gasteiger partial charge in [-0.2, -0.15) is 0 Å². The summed E-state index contributed by atoms with van der Waals surface area (Å²) in [6, 6.07) is 3.70. The molecule has 2 N–H and O–H groups in total. The van der Waals surface area contributed by atoms with Gasteiger partial charge in [0.05, 0.1) is 6.61 Å². The van der Waals surface area contributed by atoms with Gasteiger partial charge in [0, 0.05) is 25.1 Å². The molecule has 1 rings (SSSR count). The number of nitrogens with one attached hydrogen (secondary N) is 1. The first-order valence-electron chi connectivity index (χ1n) is 6.40. The number of likely N-dealkylation sites (N-methyl/N-ethyl adjacent to an activating group) is 1. The second-order valence-corrected chi connectivity index (χ2v) is 6.36. The number of benzene rings is 1. The summed E-state index contributed by atoms with van der Waals surface area (Å²) in [5.41, 5.74) is 0.369. The normalized spacial score (nSPS) is 11.3. The summed E-state index contributed by atoms with van der Waals surface area (Å²) in [6.45, 7) is 0.649. The maximum atomic E-state index is 13.9. The van der Waals surface area contributed by atoms with Crippen molar-refractivity contribution in [2.75, 3.05) is 33.8 Å². The minimum Gasteiger partial charge on any atom is -0.395 e. The standard InChI is InChI=1S/C14H19FN2O3S/c1-17(2)9-8-16-21(19,20)14-7-6-12(11-13(14)15)5-3-4-10-18/h6-7,11,16,18H,4,8-10H2,1-2H3. The van der Waals surface area contributed by atoms with Gasteiger partial charge in [-0.05, 0) is 32.3 Å². The summed E-state index contributed by atoms with van der Waals surface area (Å²) in [6.07, 6.45) is 0.285. The fourth-order valence-corrected chi connectivity index (χ4v) is 2.58. The van der Waals surface area contributed by atoms with Crippen molar-refractivity contribution < 1.29 is 17.9 Å². The third kappa shape index (κ3) is 5.81. The van der Waals surface area contributed by atoms with Gasteiger partial charge in [-0.1, -0.05) is 11.8 Å². The molecular formula is C14H19FN2O3S. The Kier molecular flexibility index (Phi) is 6.78. The van der Waals surface area contributed by atoms with E-state index < -0.39 is 20.7 Å². The molecular weight excluding hydrogens is 295 g/mol. The molecule has 0 saturated heterocycles. The van der Waals surface area contributed by atoms with Crippen LogP contribution < -0.4 is 4.72 Å². The Balaban J connectivity index is 2.86. The van der Waals surface area contributed by atoms with Crippen LogP contribution in [0, 0.1) is 17.7 Å². The van der Waals surface area contributed by atoms with Crippen LogP contribution in [0.25, 0.3) is 0 Å². The summed E-state index contributed by atoms with van der Waals surface area (Å²) in [7, 11) is -0.240. The lowest BCUT2D eigenvalue weighted by Crippen LogP contribution is -2.31. The third-order valence-electron chi connectivity index (χ3n) is 2.54. The zero-order valence-corrected chi connectivity index (χ0v) is 12.9. The van der Waals surface area contributed by atoms with E-state index in [1.54, 1.807) is 0 Å². The molecule has 0 aliphatic carbocycles. The van der Waals surface area contributed by atoms with Crippen LogP contribution in [0.1, 0.15) is 12.0 Å². The highest BCUT2D eigenvalue weighted by Crippen LogP contribution is 2.15. The molecule has 0 fully saturated rings. The monoisotopic (exact) mass is 314 g/mol. The Morgan fingerprint density at radius 1 is 1.38 bits per heavy atom. The highest BCUT2D eigenvalue weighted by atomic mass is 32.2. The van der Waals surface area contributed by atoms with Crippen molar-refractivity contribution >= 4 is 10.0 Å². The van der Waals surface area contributed by atoms with Gasteiger partial charge in [-0.25, -0.2) is 17.5 Å². The Morgan fingerprint density at radius 2 is 2.10 bits per heavy atom. The SMILES string of the molecule is CN(C)CCNS(=O)(=O)c1ccc(C#CCCO)cc1F. The van der Waals surface area contributed by atoms with Crippen molar-refractivity contribution in [3.05, 3.63) is 29.6 Å². The van der Waals surface area contributed by atoms with E-state index in [-0.39, 0.29) is 19.6 Å². The average molecular weight is 314 g/mol. The Morgan fingerprint density at radius 3 is 2.67 bits per heavy atom. The zero-order chi connectivity index (χ0) is 15.9. The lowest BCUT2D eigenvalue weighted by molar-refractivity contribution is 0.305. The predicted octanol–water partition coefficient (Wildman–Crippen LogP) is 0.400. The number of nitrogens with zero attached hydrogens (tertiary/aromatic N) is 1. The van der Waals surface area contributed by atoms with Crippen molar-refractivity contribution in [2.45, 2.75) is 11.3 Å². The third-order valence-corrected chi connectivity index (χ3v) is 4.04. The molecule has 1 aromatic carbocycles. The van der Waals surface area contributed by atoms with E-state index in [9.17, 15) is 12.8 Å². The molecule has 0 unspecified atom stereocenters. The molecule has 0 aromatic heterocycles. The fourth-order valence-electron chi connectivity index (χ4n) is 1.50. The minimum atomic E-state index is -3.87. The number of sulfonamides is 1. The van der Waals surface area contributed by atoms with Crippen LogP contribution in [0.2, 0.25) is 0 Å². The van der Waals surface area contributed by atoms with Crippen LogP contribution in [-0.2, 0) is 10.0 Å². The van der Waals surface area contributed by atoms with E-state index in [4.69, 9.17) is 5.11 Å². The number of hydrogen-bond acceptors (Lipinski definition) is 4. The number of halogens is 1. The van der Waals surface area contributed by atoms with Gasteiger partial charge in [0.25, 0.3) is 0 Å². The molecule has 0 saturated carbocycles. The van der Waals surface area contributed by atoms with Crippen LogP contribution in [0.5, 0.6) is 0 Å². The van der Waals surface area contributed by atoms with Crippen molar-refractivity contribution in [3.63, 3.8) is 0 Å². The number of aliphatic hydroxyl groups excluding tert-OH is 1. The molecule has 0 atom stereocenters. The Labute approximate surface area is 124 Å². The molecule has 0 aliphatic rings. The second-order valence-electron chi connectivity index (χ2n) is 4.62. The van der Waals surface area contributed by atoms with Crippen molar-refractivity contribution in [2.24, 2.45) is 0 Å². The summed E-state index contributed by atoms with van der Waals surface area (Å²) in [5, 5.41) is 8.60. The first-order valence-corrected chi connectivity index (χ1v) is 7.89. The van der Waals surface area contributed by atoms with Crippen LogP contribution in [0.15, 0.2) is 23.1 Å². The lowest BCUT2D eigenvalue weighted by Gasteiger charge is -2.11. The topological polar surface area (TPSA) is 69.6 Å². The van der Waals surface area contributed by atoms with Crippen LogP contribution in [0.4, 0.5) is 4.39 Å². The molecule has 116 valence electrons. The molecule has 5 nitrogen and oxygen atoms in total. The van der Waals surface area contributed by atoms with Crippen LogP contribution >= 0.6 is 0 Å². The largest absolute Gasteiger partial charge is 0.395 e. The van der Waals surface area contributed by atoms with Crippen molar-refractivity contribution in [1.29, 1.82) is 0 Å². The minimum absolute atomic E-state index is 0.0717. The maximum Gasteiger partial charge on any atom is 0.243 e. The van der Waals surface area contributed by atoms with Gasteiger partial charge < -0.3 is 10.0 Å². The summed E-state index contributed by atoms with van der Waals surface area (Å²) in [5.74, 6) is 4.45. The van der Waals surface area contributed by atoms with Crippen LogP contribution in [0.3, 0.4) is 0 Å². The van der Waals surface area contributed by atoms with E-state index in [1.165, 1.54) is 12.1 Å². The maximum absolute atomic E-state index is 13.9. The van der Waals surface area contributed by atoms with E-state index in [0.717, 1.165) is 6.07 Å². The van der Waals surface area contributed by atoms with E-state index in [1.807, 2.05) is 19.0 Å². The van der Waals surface area contributed by atoms with E-state index in [0.29, 0.717) is 12.1 Å². The number of aliphatic hydroxyl groups is 1. The van der Waals surface area contributed by atoms with Crippen molar-refractivity contribution in [1.82, 2.24) is 9.62 Å². The quantitative estimate of drug-likeness (QED) is 0.746. The van der Waals surface area contributed by atoms with Gasteiger partial charge in [0.1, 0.15) is 10.7 Å². The summed E-state index contributed by atoms with van der Waals surface area (Å²) in [4.78, 5) is 1.42. The van der Waals surface area contributed by atoms with E-state index in [2.05, 4.69) is 16.6 Å². The molecule has 0 aliphatic heterocycles. The molecule has 0 amide bonds. The fraction of sp³-hybridized carbons (Fsp3) is 0.429. The lowest BCUT2D eigenvalue weighted by atomic mass is 10.2. The predicted molar refractivity (Wildman–Crippen MR) is 78.7 cm³/mol. The van der Waals surface area contributed by atoms with Gasteiger partial charge in [-0.15, -0.1) is 0 Å². The summed E-state index contributed by atoms with van der Waals surface area (Å²) >= 11 is 0. The smallest absolute Gasteiger partial charge is 0.243 e. The Bertz CT molecular complexity index is 633. The molecule has 21 heavy (non-hydrogen) atoms. The second kappa shape index (κ2) is 8.10. The molecule has 0 radical (unpaired) electrons. The van der Waals surface area contributed by atoms with E-state index >= 15 is 0 Å². The first kappa shape index (κ1) is 17.6. The van der Waals surface area contributed by atoms with Gasteiger partial charge in [0.15, 0.2) is 0 Å².